The molecule has 1 atom stereocenters. The Morgan fingerprint density at radius 3 is 2.50 bits per heavy atom. The van der Waals surface area contributed by atoms with Crippen molar-refractivity contribution in [3.63, 3.8) is 0 Å². The number of nitrogens with zero attached hydrogens (tertiary/aromatic N) is 3. The number of hydrogen-bond donors (Lipinski definition) is 0. The van der Waals surface area contributed by atoms with Crippen molar-refractivity contribution in [1.29, 1.82) is 0 Å². The van der Waals surface area contributed by atoms with Crippen molar-refractivity contribution >= 4 is 17.5 Å². The van der Waals surface area contributed by atoms with Gasteiger partial charge in [0, 0.05) is 25.3 Å². The zero-order chi connectivity index (χ0) is 19.7. The van der Waals surface area contributed by atoms with Crippen molar-refractivity contribution < 1.29 is 14.0 Å². The maximum Gasteiger partial charge on any atom is 0.241 e. The number of para-hydroxylation sites is 1. The van der Waals surface area contributed by atoms with Crippen LogP contribution in [0.1, 0.15) is 12.0 Å². The fourth-order valence-electron chi connectivity index (χ4n) is 4.20. The first kappa shape index (κ1) is 18.6. The van der Waals surface area contributed by atoms with Gasteiger partial charge in [-0.1, -0.05) is 30.3 Å². The number of likely N-dealkylation sites (tertiary alicyclic amines) is 1. The largest absolute Gasteiger partial charge is 0.340 e. The lowest BCUT2D eigenvalue weighted by Crippen LogP contribution is -2.64. The number of amides is 2. The van der Waals surface area contributed by atoms with Crippen LogP contribution >= 0.6 is 0 Å². The molecular weight excluding hydrogens is 357 g/mol. The molecule has 4 rings (SSSR count). The van der Waals surface area contributed by atoms with E-state index in [-0.39, 0.29) is 29.6 Å². The van der Waals surface area contributed by atoms with E-state index in [1.165, 1.54) is 12.1 Å². The third kappa shape index (κ3) is 3.52. The number of rotatable bonds is 3. The van der Waals surface area contributed by atoms with Crippen molar-refractivity contribution in [2.75, 3.05) is 38.1 Å². The SMILES string of the molecule is CN1CC(=O)N(c2ccccc2)CC12CCN(C(=O)Cc1ccc(F)cc1)C2. The highest BCUT2D eigenvalue weighted by molar-refractivity contribution is 5.96. The Balaban J connectivity index is 1.48. The predicted molar refractivity (Wildman–Crippen MR) is 105 cm³/mol. The lowest BCUT2D eigenvalue weighted by Gasteiger charge is -2.46. The van der Waals surface area contributed by atoms with E-state index in [9.17, 15) is 14.0 Å². The molecule has 146 valence electrons. The lowest BCUT2D eigenvalue weighted by atomic mass is 9.92. The number of piperazine rings is 1. The molecule has 0 radical (unpaired) electrons. The summed E-state index contributed by atoms with van der Waals surface area (Å²) >= 11 is 0. The van der Waals surface area contributed by atoms with Crippen LogP contribution in [0.5, 0.6) is 0 Å². The molecule has 6 heteroatoms. The minimum absolute atomic E-state index is 0.0417. The molecular formula is C22H24FN3O2. The van der Waals surface area contributed by atoms with E-state index >= 15 is 0 Å². The van der Waals surface area contributed by atoms with Crippen LogP contribution in [0.15, 0.2) is 54.6 Å². The van der Waals surface area contributed by atoms with E-state index in [0.29, 0.717) is 26.2 Å². The van der Waals surface area contributed by atoms with Crippen molar-refractivity contribution in [1.82, 2.24) is 9.80 Å². The molecule has 2 aliphatic heterocycles. The molecule has 0 saturated carbocycles. The van der Waals surface area contributed by atoms with E-state index in [2.05, 4.69) is 4.90 Å². The summed E-state index contributed by atoms with van der Waals surface area (Å²) < 4.78 is 13.1. The molecule has 2 fully saturated rings. The van der Waals surface area contributed by atoms with Crippen LogP contribution in [-0.4, -0.2) is 60.4 Å². The fraction of sp³-hybridized carbons (Fsp3) is 0.364. The highest BCUT2D eigenvalue weighted by Gasteiger charge is 2.48. The Bertz CT molecular complexity index is 871. The Morgan fingerprint density at radius 1 is 1.07 bits per heavy atom. The van der Waals surface area contributed by atoms with Crippen LogP contribution in [0, 0.1) is 5.82 Å². The van der Waals surface area contributed by atoms with Gasteiger partial charge in [0.05, 0.1) is 18.5 Å². The summed E-state index contributed by atoms with van der Waals surface area (Å²) in [6.45, 7) is 2.18. The van der Waals surface area contributed by atoms with Gasteiger partial charge in [-0.25, -0.2) is 4.39 Å². The number of halogens is 1. The van der Waals surface area contributed by atoms with Crippen molar-refractivity contribution in [3.05, 3.63) is 66.0 Å². The van der Waals surface area contributed by atoms with Gasteiger partial charge in [0.1, 0.15) is 5.82 Å². The topological polar surface area (TPSA) is 43.9 Å². The third-order valence-electron chi connectivity index (χ3n) is 5.96. The van der Waals surface area contributed by atoms with Crippen LogP contribution in [0.2, 0.25) is 0 Å². The number of hydrogen-bond acceptors (Lipinski definition) is 3. The van der Waals surface area contributed by atoms with E-state index in [0.717, 1.165) is 17.7 Å². The minimum atomic E-state index is -0.300. The molecule has 1 unspecified atom stereocenters. The van der Waals surface area contributed by atoms with E-state index in [1.807, 2.05) is 47.2 Å². The van der Waals surface area contributed by atoms with E-state index in [1.54, 1.807) is 12.1 Å². The van der Waals surface area contributed by atoms with E-state index in [4.69, 9.17) is 0 Å². The highest BCUT2D eigenvalue weighted by Crippen LogP contribution is 2.33. The number of carbonyl (C=O) groups excluding carboxylic acids is 2. The maximum absolute atomic E-state index is 13.1. The highest BCUT2D eigenvalue weighted by atomic mass is 19.1. The Morgan fingerprint density at radius 2 is 1.79 bits per heavy atom. The lowest BCUT2D eigenvalue weighted by molar-refractivity contribution is -0.130. The zero-order valence-corrected chi connectivity index (χ0v) is 16.0. The van der Waals surface area contributed by atoms with Gasteiger partial charge in [-0.05, 0) is 43.3 Å². The molecule has 28 heavy (non-hydrogen) atoms. The van der Waals surface area contributed by atoms with Gasteiger partial charge in [0.25, 0.3) is 0 Å². The van der Waals surface area contributed by atoms with Crippen molar-refractivity contribution in [2.45, 2.75) is 18.4 Å². The Kier molecular flexibility index (Phi) is 4.89. The predicted octanol–water partition coefficient (Wildman–Crippen LogP) is 2.32. The first-order chi connectivity index (χ1) is 13.5. The van der Waals surface area contributed by atoms with Gasteiger partial charge < -0.3 is 9.80 Å². The number of benzene rings is 2. The molecule has 0 bridgehead atoms. The molecule has 2 saturated heterocycles. The monoisotopic (exact) mass is 381 g/mol. The van der Waals surface area contributed by atoms with Crippen molar-refractivity contribution in [3.8, 4) is 0 Å². The van der Waals surface area contributed by atoms with Gasteiger partial charge >= 0.3 is 0 Å². The summed E-state index contributed by atoms with van der Waals surface area (Å²) in [5.74, 6) is -0.179. The quantitative estimate of drug-likeness (QED) is 0.820. The first-order valence-corrected chi connectivity index (χ1v) is 9.56. The third-order valence-corrected chi connectivity index (χ3v) is 5.96. The van der Waals surface area contributed by atoms with Crippen LogP contribution < -0.4 is 4.90 Å². The smallest absolute Gasteiger partial charge is 0.241 e. The molecule has 2 heterocycles. The number of likely N-dealkylation sites (N-methyl/N-ethyl adjacent to an activating group) is 1. The molecule has 1 spiro atoms. The average Bonchev–Trinajstić information content (AvgIpc) is 3.13. The summed E-state index contributed by atoms with van der Waals surface area (Å²) in [5, 5.41) is 0. The van der Waals surface area contributed by atoms with Gasteiger partial charge in [0.2, 0.25) is 11.8 Å². The van der Waals surface area contributed by atoms with Crippen LogP contribution in [0.25, 0.3) is 0 Å². The molecule has 5 nitrogen and oxygen atoms in total. The standard InChI is InChI=1S/C22H24FN3O2/c1-24-14-21(28)26(19-5-3-2-4-6-19)16-22(24)11-12-25(15-22)20(27)13-17-7-9-18(23)10-8-17/h2-10H,11-16H2,1H3. The normalized spacial score (nSPS) is 22.9. The second kappa shape index (κ2) is 7.36. The van der Waals surface area contributed by atoms with Crippen LogP contribution in [0.3, 0.4) is 0 Å². The minimum Gasteiger partial charge on any atom is -0.340 e. The van der Waals surface area contributed by atoms with Gasteiger partial charge in [-0.3, -0.25) is 14.5 Å². The summed E-state index contributed by atoms with van der Waals surface area (Å²) in [6, 6.07) is 15.8. The molecule has 2 aromatic rings. The fourth-order valence-corrected chi connectivity index (χ4v) is 4.20. The zero-order valence-electron chi connectivity index (χ0n) is 16.0. The summed E-state index contributed by atoms with van der Waals surface area (Å²) in [5.41, 5.74) is 1.48. The van der Waals surface area contributed by atoms with Crippen LogP contribution in [0.4, 0.5) is 10.1 Å². The molecule has 2 aliphatic rings. The van der Waals surface area contributed by atoms with Gasteiger partial charge in [-0.2, -0.15) is 0 Å². The summed E-state index contributed by atoms with van der Waals surface area (Å²) in [6.07, 6.45) is 1.09. The second-order valence-electron chi connectivity index (χ2n) is 7.76. The molecule has 2 amide bonds. The summed E-state index contributed by atoms with van der Waals surface area (Å²) in [4.78, 5) is 31.2. The first-order valence-electron chi connectivity index (χ1n) is 9.56. The Labute approximate surface area is 164 Å². The van der Waals surface area contributed by atoms with Crippen LogP contribution in [-0.2, 0) is 16.0 Å². The van der Waals surface area contributed by atoms with E-state index < -0.39 is 0 Å². The molecule has 0 aromatic heterocycles. The number of carbonyl (C=O) groups is 2. The molecule has 0 N–H and O–H groups in total. The Hall–Kier alpha value is -2.73. The van der Waals surface area contributed by atoms with Crippen molar-refractivity contribution in [2.24, 2.45) is 0 Å². The van der Waals surface area contributed by atoms with Gasteiger partial charge in [0.15, 0.2) is 0 Å². The molecule has 2 aromatic carbocycles. The second-order valence-corrected chi connectivity index (χ2v) is 7.76. The maximum atomic E-state index is 13.1. The average molecular weight is 381 g/mol. The molecule has 0 aliphatic carbocycles. The van der Waals surface area contributed by atoms with Gasteiger partial charge in [-0.15, -0.1) is 0 Å². The number of anilines is 1. The summed E-state index contributed by atoms with van der Waals surface area (Å²) in [7, 11) is 1.97.